The molecule has 3 N–H and O–H groups in total. The van der Waals surface area contributed by atoms with Crippen molar-refractivity contribution in [3.05, 3.63) is 77.3 Å². The summed E-state index contributed by atoms with van der Waals surface area (Å²) in [5, 5.41) is 10.6. The van der Waals surface area contributed by atoms with Crippen LogP contribution >= 0.6 is 11.6 Å². The molecule has 0 aliphatic rings. The van der Waals surface area contributed by atoms with Crippen LogP contribution in [0.4, 0.5) is 23.0 Å². The van der Waals surface area contributed by atoms with Crippen LogP contribution < -0.4 is 25.0 Å². The molecule has 4 rings (SSSR count). The zero-order chi connectivity index (χ0) is 27.1. The molecular weight excluding hydrogens is 532 g/mol. The summed E-state index contributed by atoms with van der Waals surface area (Å²) in [5.74, 6) is -0.116. The third-order valence-corrected chi connectivity index (χ3v) is 6.18. The van der Waals surface area contributed by atoms with Gasteiger partial charge in [0.2, 0.25) is 20.9 Å². The summed E-state index contributed by atoms with van der Waals surface area (Å²) in [6.07, 6.45) is 0. The molecule has 0 aliphatic carbocycles. The van der Waals surface area contributed by atoms with Gasteiger partial charge in [-0.3, -0.25) is 4.79 Å². The molecule has 38 heavy (non-hydrogen) atoms. The fourth-order valence-electron chi connectivity index (χ4n) is 3.37. The van der Waals surface area contributed by atoms with Crippen molar-refractivity contribution in [1.82, 2.24) is 14.9 Å². The largest absolute Gasteiger partial charge is 0.497 e. The van der Waals surface area contributed by atoms with E-state index in [1.807, 2.05) is 0 Å². The van der Waals surface area contributed by atoms with Crippen molar-refractivity contribution in [2.75, 3.05) is 29.8 Å². The van der Waals surface area contributed by atoms with E-state index in [4.69, 9.17) is 22.1 Å². The Morgan fingerprint density at radius 1 is 1.11 bits per heavy atom. The molecule has 4 aromatic rings. The first kappa shape index (κ1) is 26.6. The second-order valence-electron chi connectivity index (χ2n) is 7.60. The molecule has 0 atom stereocenters. The maximum absolute atomic E-state index is 12.6. The van der Waals surface area contributed by atoms with Gasteiger partial charge < -0.3 is 15.8 Å². The fraction of sp³-hybridized carbons (Fsp3) is 0.125. The zero-order valence-corrected chi connectivity index (χ0v) is 21.6. The van der Waals surface area contributed by atoms with Gasteiger partial charge in [0.1, 0.15) is 17.4 Å². The Kier molecular flexibility index (Phi) is 8.56. The molecule has 0 saturated carbocycles. The number of para-hydroxylation sites is 2. The van der Waals surface area contributed by atoms with Gasteiger partial charge in [-0.1, -0.05) is 29.8 Å². The Balaban J connectivity index is 1.84. The molecule has 12 nitrogen and oxygen atoms in total. The first-order chi connectivity index (χ1) is 18.4. The summed E-state index contributed by atoms with van der Waals surface area (Å²) in [4.78, 5) is 25.1. The fourth-order valence-corrected chi connectivity index (χ4v) is 4.15. The van der Waals surface area contributed by atoms with Gasteiger partial charge >= 0.3 is 5.91 Å². The number of carbonyl (C=O) groups excluding carboxylic acids is 1. The van der Waals surface area contributed by atoms with E-state index >= 15 is 0 Å². The summed E-state index contributed by atoms with van der Waals surface area (Å²) >= 11 is 6.38. The second-order valence-corrected chi connectivity index (χ2v) is 8.89. The van der Waals surface area contributed by atoms with Crippen LogP contribution in [0.15, 0.2) is 77.0 Å². The number of hydrogen-bond donors (Lipinski definition) is 3. The van der Waals surface area contributed by atoms with E-state index in [0.717, 1.165) is 4.31 Å². The molecule has 0 unspecified atom stereocenters. The molecule has 194 valence electrons. The molecule has 0 bridgehead atoms. The van der Waals surface area contributed by atoms with Gasteiger partial charge in [0.25, 0.3) is 0 Å². The monoisotopic (exact) mass is 553 g/mol. The summed E-state index contributed by atoms with van der Waals surface area (Å²) < 4.78 is 31.4. The Bertz CT molecular complexity index is 1630. The van der Waals surface area contributed by atoms with Gasteiger partial charge in [-0.15, -0.1) is 0 Å². The topological polar surface area (TPSA) is 166 Å². The van der Waals surface area contributed by atoms with Gasteiger partial charge in [-0.05, 0) is 42.5 Å². The van der Waals surface area contributed by atoms with E-state index in [1.165, 1.54) is 31.4 Å². The van der Waals surface area contributed by atoms with Gasteiger partial charge in [-0.2, -0.15) is 0 Å². The molecular formula is C24H22ClN8O4S+. The number of aromatic nitrogens is 2. The number of ether oxygens (including phenoxy) is 1. The van der Waals surface area contributed by atoms with Gasteiger partial charge in [-0.25, -0.2) is 22.7 Å². The van der Waals surface area contributed by atoms with E-state index in [9.17, 15) is 13.2 Å². The molecule has 0 aliphatic heterocycles. The molecule has 0 fully saturated rings. The van der Waals surface area contributed by atoms with Crippen molar-refractivity contribution in [3.63, 3.8) is 0 Å². The average molecular weight is 554 g/mol. The molecule has 14 heteroatoms. The van der Waals surface area contributed by atoms with Crippen molar-refractivity contribution in [2.45, 2.75) is 0 Å². The lowest BCUT2D eigenvalue weighted by Crippen LogP contribution is -2.19. The molecule has 0 spiro atoms. The highest BCUT2D eigenvalue weighted by atomic mass is 35.5. The zero-order valence-electron chi connectivity index (χ0n) is 20.0. The van der Waals surface area contributed by atoms with Crippen LogP contribution in [-0.4, -0.2) is 44.5 Å². The van der Waals surface area contributed by atoms with Crippen LogP contribution in [0.2, 0.25) is 5.02 Å². The molecule has 1 amide bonds. The maximum atomic E-state index is 12.6. The van der Waals surface area contributed by atoms with Crippen LogP contribution in [0.1, 0.15) is 10.4 Å². The third-order valence-electron chi connectivity index (χ3n) is 5.11. The Labute approximate surface area is 223 Å². The number of anilines is 4. The van der Waals surface area contributed by atoms with E-state index in [1.54, 1.807) is 42.5 Å². The second kappa shape index (κ2) is 12.2. The Morgan fingerprint density at radius 2 is 1.87 bits per heavy atom. The number of hydrogen-bond acceptors (Lipinski definition) is 9. The standard InChI is InChI=1S/C24H21ClN8O4S/c1-37-17-9-10-18(25)21(14-17)29-22-23(30-20-8-3-2-7-19(20)28-22)33(38(35)36)16-6-4-5-15(13-16)24(34)31-32-27-12-11-26/h2-10,13-14,38H,11-12,26H2,1H3/p+1. The number of halogens is 1. The number of methoxy groups -OCH3 is 1. The van der Waals surface area contributed by atoms with Crippen LogP contribution in [-0.2, 0) is 10.9 Å². The van der Waals surface area contributed by atoms with Crippen LogP contribution in [0.5, 0.6) is 5.75 Å². The molecule has 3 aromatic carbocycles. The maximum Gasteiger partial charge on any atom is 0.360 e. The normalized spacial score (nSPS) is 10.6. The van der Waals surface area contributed by atoms with E-state index in [-0.39, 0.29) is 36.0 Å². The highest BCUT2D eigenvalue weighted by molar-refractivity contribution is 7.74. The van der Waals surface area contributed by atoms with Crippen LogP contribution in [0.25, 0.3) is 11.0 Å². The molecule has 0 saturated heterocycles. The van der Waals surface area contributed by atoms with E-state index < -0.39 is 16.8 Å². The number of fused-ring (bicyclic) bond motifs is 1. The van der Waals surface area contributed by atoms with Crippen molar-refractivity contribution >= 4 is 62.4 Å². The summed E-state index contributed by atoms with van der Waals surface area (Å²) in [6.45, 7) is 0.479. The first-order valence-corrected chi connectivity index (χ1v) is 12.7. The number of thiol groups is 1. The smallest absolute Gasteiger partial charge is 0.360 e. The lowest BCUT2D eigenvalue weighted by molar-refractivity contribution is 0.0992. The van der Waals surface area contributed by atoms with Crippen molar-refractivity contribution in [3.8, 4) is 5.75 Å². The van der Waals surface area contributed by atoms with Crippen molar-refractivity contribution in [1.29, 1.82) is 0 Å². The Morgan fingerprint density at radius 3 is 2.58 bits per heavy atom. The quantitative estimate of drug-likeness (QED) is 0.160. The third kappa shape index (κ3) is 6.10. The average Bonchev–Trinajstić information content (AvgIpc) is 2.92. The number of nitrogens with zero attached hydrogens (tertiary/aromatic N) is 6. The summed E-state index contributed by atoms with van der Waals surface area (Å²) in [7, 11) is -1.78. The number of nitrogens with one attached hydrogen (secondary N) is 1. The highest BCUT2D eigenvalue weighted by Gasteiger charge is 2.23. The SMILES string of the molecule is COc1ccc(Cl)c(Nc2nc3ccccc3nc2N(c2cccc(C(=O)N=[N+]=NCCN)c2)[SH](=O)=O)c1. The number of amides is 1. The van der Waals surface area contributed by atoms with Gasteiger partial charge in [0.05, 0.1) is 40.1 Å². The minimum absolute atomic E-state index is 0.0390. The van der Waals surface area contributed by atoms with Gasteiger partial charge in [0.15, 0.2) is 11.6 Å². The highest BCUT2D eigenvalue weighted by Crippen LogP contribution is 2.36. The van der Waals surface area contributed by atoms with Gasteiger partial charge in [0, 0.05) is 12.6 Å². The predicted molar refractivity (Wildman–Crippen MR) is 145 cm³/mol. The number of rotatable bonds is 9. The number of carbonyl (C=O) groups is 1. The first-order valence-electron chi connectivity index (χ1n) is 11.1. The minimum Gasteiger partial charge on any atom is -0.497 e. The number of nitrogens with two attached hydrogens (primary N) is 1. The Hall–Kier alpha value is -4.42. The summed E-state index contributed by atoms with van der Waals surface area (Å²) in [6, 6.07) is 17.8. The van der Waals surface area contributed by atoms with E-state index in [2.05, 4.69) is 30.4 Å². The van der Waals surface area contributed by atoms with E-state index in [0.29, 0.717) is 27.5 Å². The predicted octanol–water partition coefficient (Wildman–Crippen LogP) is 3.77. The lowest BCUT2D eigenvalue weighted by atomic mass is 10.2. The molecule has 1 heterocycles. The van der Waals surface area contributed by atoms with Crippen molar-refractivity contribution in [2.24, 2.45) is 16.0 Å². The van der Waals surface area contributed by atoms with Crippen molar-refractivity contribution < 1.29 is 17.9 Å². The minimum atomic E-state index is -3.29. The lowest BCUT2D eigenvalue weighted by Gasteiger charge is -2.21. The molecule has 0 radical (unpaired) electrons. The number of benzene rings is 3. The summed E-state index contributed by atoms with van der Waals surface area (Å²) in [5.41, 5.74) is 6.95. The molecule has 1 aromatic heterocycles. The van der Waals surface area contributed by atoms with Crippen LogP contribution in [0.3, 0.4) is 0 Å². The van der Waals surface area contributed by atoms with Crippen LogP contribution in [0, 0.1) is 0 Å².